The SMILES string of the molecule is [2H]C1C(O)C([2H])([2H])CC(Nc2ncc3nc(Nc4c(F)cc(F)cc4F)n(C4CCOC4)c3n2)C1([2H])[2H]. The summed E-state index contributed by atoms with van der Waals surface area (Å²) in [6, 6.07) is -0.500. The molecule has 0 bridgehead atoms. The third-order valence-electron chi connectivity index (χ3n) is 5.24. The second-order valence-electron chi connectivity index (χ2n) is 7.48. The van der Waals surface area contributed by atoms with Gasteiger partial charge in [-0.15, -0.1) is 0 Å². The lowest BCUT2D eigenvalue weighted by atomic mass is 9.93. The van der Waals surface area contributed by atoms with E-state index in [0.717, 1.165) is 0 Å². The van der Waals surface area contributed by atoms with Crippen LogP contribution in [0.4, 0.5) is 30.8 Å². The number of imidazole rings is 1. The number of aliphatic hydroxyl groups excluding tert-OH is 1. The minimum Gasteiger partial charge on any atom is -0.393 e. The molecule has 0 spiro atoms. The van der Waals surface area contributed by atoms with Gasteiger partial charge in [-0.1, -0.05) is 0 Å². The molecule has 4 atom stereocenters. The first-order valence-electron chi connectivity index (χ1n) is 12.6. The molecule has 1 saturated carbocycles. The Bertz CT molecular complexity index is 1320. The number of halogens is 3. The van der Waals surface area contributed by atoms with Gasteiger partial charge in [0.05, 0.1) is 24.9 Å². The van der Waals surface area contributed by atoms with Crippen LogP contribution in [0, 0.1) is 17.5 Å². The van der Waals surface area contributed by atoms with Crippen molar-refractivity contribution in [3.63, 3.8) is 0 Å². The van der Waals surface area contributed by atoms with E-state index in [4.69, 9.17) is 11.6 Å². The van der Waals surface area contributed by atoms with Gasteiger partial charge in [-0.3, -0.25) is 4.57 Å². The lowest BCUT2D eigenvalue weighted by molar-refractivity contribution is 0.126. The maximum absolute atomic E-state index is 14.3. The summed E-state index contributed by atoms with van der Waals surface area (Å²) in [5.74, 6) is -3.48. The largest absolute Gasteiger partial charge is 0.393 e. The zero-order chi connectivity index (χ0) is 26.7. The Morgan fingerprint density at radius 2 is 1.97 bits per heavy atom. The highest BCUT2D eigenvalue weighted by Crippen LogP contribution is 2.32. The summed E-state index contributed by atoms with van der Waals surface area (Å²) in [5, 5.41) is 15.4. The van der Waals surface area contributed by atoms with Gasteiger partial charge in [-0.25, -0.2) is 23.1 Å². The Labute approximate surface area is 188 Å². The Kier molecular flexibility index (Phi) is 4.22. The van der Waals surface area contributed by atoms with Crippen LogP contribution >= 0.6 is 0 Å². The van der Waals surface area contributed by atoms with Gasteiger partial charge in [0.25, 0.3) is 0 Å². The molecule has 0 radical (unpaired) electrons. The minimum absolute atomic E-state index is 0.0000299. The highest BCUT2D eigenvalue weighted by Gasteiger charge is 2.27. The van der Waals surface area contributed by atoms with E-state index in [-0.39, 0.29) is 35.7 Å². The quantitative estimate of drug-likeness (QED) is 0.542. The topological polar surface area (TPSA) is 97.1 Å². The molecule has 2 aromatic heterocycles. The second kappa shape index (κ2) is 8.55. The van der Waals surface area contributed by atoms with Gasteiger partial charge in [-0.2, -0.15) is 4.98 Å². The highest BCUT2D eigenvalue weighted by molar-refractivity contribution is 5.76. The summed E-state index contributed by atoms with van der Waals surface area (Å²) in [7, 11) is 0. The molecule has 3 aromatic rings. The van der Waals surface area contributed by atoms with Crippen LogP contribution in [0.2, 0.25) is 0 Å². The number of aromatic nitrogens is 4. The van der Waals surface area contributed by atoms with Crippen molar-refractivity contribution in [3.05, 3.63) is 35.8 Å². The van der Waals surface area contributed by atoms with E-state index in [1.54, 1.807) is 4.57 Å². The molecule has 1 aliphatic carbocycles. The molecule has 5 rings (SSSR count). The van der Waals surface area contributed by atoms with Gasteiger partial charge in [0, 0.05) is 31.6 Å². The van der Waals surface area contributed by atoms with Gasteiger partial charge < -0.3 is 20.5 Å². The van der Waals surface area contributed by atoms with E-state index in [1.165, 1.54) is 6.20 Å². The van der Waals surface area contributed by atoms with Crippen LogP contribution in [0.3, 0.4) is 0 Å². The van der Waals surface area contributed by atoms with E-state index >= 15 is 0 Å². The third kappa shape index (κ3) is 4.09. The molecule has 1 saturated heterocycles. The Morgan fingerprint density at radius 1 is 1.16 bits per heavy atom. The first kappa shape index (κ1) is 15.8. The van der Waals surface area contributed by atoms with Crippen molar-refractivity contribution in [1.82, 2.24) is 19.5 Å². The van der Waals surface area contributed by atoms with Crippen molar-refractivity contribution < 1.29 is 29.9 Å². The molecule has 2 fully saturated rings. The maximum Gasteiger partial charge on any atom is 0.224 e. The number of benzene rings is 1. The normalized spacial score (nSPS) is 31.3. The zero-order valence-corrected chi connectivity index (χ0v) is 16.6. The minimum atomic E-state index is -2.31. The van der Waals surface area contributed by atoms with Crippen molar-refractivity contribution in [1.29, 1.82) is 0 Å². The Balaban J connectivity index is 1.53. The van der Waals surface area contributed by atoms with Crippen molar-refractivity contribution in [2.24, 2.45) is 0 Å². The van der Waals surface area contributed by atoms with Crippen LogP contribution in [0.1, 0.15) is 44.9 Å². The molecule has 1 aromatic carbocycles. The fourth-order valence-corrected chi connectivity index (χ4v) is 3.71. The molecule has 11 heteroatoms. The number of rotatable bonds is 5. The van der Waals surface area contributed by atoms with Gasteiger partial charge in [0.15, 0.2) is 17.3 Å². The second-order valence-corrected chi connectivity index (χ2v) is 7.48. The van der Waals surface area contributed by atoms with E-state index < -0.39 is 60.8 Å². The summed E-state index contributed by atoms with van der Waals surface area (Å²) in [4.78, 5) is 12.9. The number of nitrogens with one attached hydrogen (secondary N) is 2. The smallest absolute Gasteiger partial charge is 0.224 e. The summed E-state index contributed by atoms with van der Waals surface area (Å²) in [6.07, 6.45) is -6.70. The number of hydrogen-bond acceptors (Lipinski definition) is 7. The average Bonchev–Trinajstić information content (AvgIpc) is 3.46. The van der Waals surface area contributed by atoms with Crippen LogP contribution in [0.5, 0.6) is 0 Å². The third-order valence-corrected chi connectivity index (χ3v) is 5.24. The van der Waals surface area contributed by atoms with E-state index in [2.05, 4.69) is 25.6 Å². The lowest BCUT2D eigenvalue weighted by Crippen LogP contribution is -2.29. The molecule has 170 valence electrons. The van der Waals surface area contributed by atoms with E-state index in [9.17, 15) is 18.3 Å². The molecule has 8 nitrogen and oxygen atoms in total. The number of hydrogen-bond donors (Lipinski definition) is 3. The summed E-state index contributed by atoms with van der Waals surface area (Å²) >= 11 is 0. The molecule has 4 unspecified atom stereocenters. The van der Waals surface area contributed by atoms with Gasteiger partial charge in [-0.05, 0) is 32.0 Å². The summed E-state index contributed by atoms with van der Waals surface area (Å²) in [6.45, 7) is 0.675. The van der Waals surface area contributed by atoms with Crippen molar-refractivity contribution in [2.45, 2.75) is 50.2 Å². The van der Waals surface area contributed by atoms with Crippen molar-refractivity contribution >= 4 is 28.7 Å². The molecular weight excluding hydrogens is 425 g/mol. The van der Waals surface area contributed by atoms with Gasteiger partial charge in [0.1, 0.15) is 17.0 Å². The predicted molar refractivity (Wildman–Crippen MR) is 111 cm³/mol. The number of anilines is 3. The molecule has 1 aliphatic heterocycles. The summed E-state index contributed by atoms with van der Waals surface area (Å²) < 4.78 is 89.6. The Morgan fingerprint density at radius 3 is 2.72 bits per heavy atom. The maximum atomic E-state index is 14.3. The molecule has 0 amide bonds. The first-order valence-corrected chi connectivity index (χ1v) is 9.99. The van der Waals surface area contributed by atoms with E-state index in [0.29, 0.717) is 25.2 Å². The predicted octanol–water partition coefficient (Wildman–Crippen LogP) is 3.66. The molecule has 2 aliphatic rings. The first-order chi connectivity index (χ1) is 17.4. The molecule has 3 heterocycles. The molecule has 3 N–H and O–H groups in total. The van der Waals surface area contributed by atoms with Gasteiger partial charge in [0.2, 0.25) is 11.9 Å². The fourth-order valence-electron chi connectivity index (χ4n) is 3.71. The number of aliphatic hydroxyl groups is 1. The number of fused-ring (bicyclic) bond motifs is 1. The van der Waals surface area contributed by atoms with Crippen molar-refractivity contribution in [3.8, 4) is 0 Å². The van der Waals surface area contributed by atoms with Gasteiger partial charge >= 0.3 is 0 Å². The number of ether oxygens (including phenoxy) is 1. The standard InChI is InChI=1S/C21H23F3N6O2/c22-11-7-15(23)18(16(24)8-11)28-21-27-17-9-25-20(26-12-1-3-14(31)4-2-12)29-19(17)30(21)13-5-6-32-10-13/h7-9,12-14,31H,1-6,10H2,(H,27,28)(H,25,26,29)/i1D2,3D,4D2. The number of nitrogens with zero attached hydrogens (tertiary/aromatic N) is 4. The van der Waals surface area contributed by atoms with E-state index in [1.807, 2.05) is 0 Å². The highest BCUT2D eigenvalue weighted by atomic mass is 19.1. The molecular formula is C21H23F3N6O2. The van der Waals surface area contributed by atoms with Crippen LogP contribution < -0.4 is 10.6 Å². The molecule has 32 heavy (non-hydrogen) atoms. The summed E-state index contributed by atoms with van der Waals surface area (Å²) in [5.41, 5.74) is -0.153. The fraction of sp³-hybridized carbons (Fsp3) is 0.476. The Hall–Kier alpha value is -2.92. The van der Waals surface area contributed by atoms with Crippen LogP contribution in [0.25, 0.3) is 11.2 Å². The average molecular weight is 453 g/mol. The monoisotopic (exact) mass is 453 g/mol. The van der Waals surface area contributed by atoms with Crippen molar-refractivity contribution in [2.75, 3.05) is 23.8 Å². The lowest BCUT2D eigenvalue weighted by Gasteiger charge is -2.26. The van der Waals surface area contributed by atoms with Crippen LogP contribution in [-0.2, 0) is 4.74 Å². The van der Waals surface area contributed by atoms with Crippen LogP contribution in [-0.4, -0.2) is 50.0 Å². The van der Waals surface area contributed by atoms with Crippen LogP contribution in [0.15, 0.2) is 18.3 Å². The zero-order valence-electron chi connectivity index (χ0n) is 21.6.